The van der Waals surface area contributed by atoms with Gasteiger partial charge >= 0.3 is 6.09 Å². The lowest BCUT2D eigenvalue weighted by atomic mass is 9.66. The van der Waals surface area contributed by atoms with Gasteiger partial charge in [0.25, 0.3) is 6.01 Å². The van der Waals surface area contributed by atoms with Crippen LogP contribution in [0.5, 0.6) is 6.01 Å². The van der Waals surface area contributed by atoms with E-state index >= 15 is 0 Å². The summed E-state index contributed by atoms with van der Waals surface area (Å²) < 4.78 is 22.8. The van der Waals surface area contributed by atoms with E-state index in [-0.39, 0.29) is 30.5 Å². The van der Waals surface area contributed by atoms with Gasteiger partial charge in [-0.15, -0.1) is 0 Å². The number of benzene rings is 1. The van der Waals surface area contributed by atoms with Gasteiger partial charge in [0.15, 0.2) is 11.8 Å². The monoisotopic (exact) mass is 598 g/mol. The molecule has 4 aliphatic rings. The summed E-state index contributed by atoms with van der Waals surface area (Å²) in [4.78, 5) is 24.1. The van der Waals surface area contributed by atoms with E-state index in [4.69, 9.17) is 35.5 Å². The molecule has 224 valence electrons. The number of nitrogens with one attached hydrogen (secondary N) is 2. The van der Waals surface area contributed by atoms with Crippen LogP contribution in [0.4, 0.5) is 4.79 Å². The van der Waals surface area contributed by atoms with Gasteiger partial charge in [0.1, 0.15) is 23.8 Å². The van der Waals surface area contributed by atoms with Gasteiger partial charge in [-0.05, 0) is 62.0 Å². The zero-order valence-electron chi connectivity index (χ0n) is 23.1. The lowest BCUT2D eigenvalue weighted by molar-refractivity contribution is 0.00706. The zero-order valence-corrected chi connectivity index (χ0v) is 23.9. The second-order valence-electron chi connectivity index (χ2n) is 11.9. The van der Waals surface area contributed by atoms with Crippen LogP contribution >= 0.6 is 11.6 Å². The summed E-state index contributed by atoms with van der Waals surface area (Å²) in [6, 6.07) is 10.4. The van der Waals surface area contributed by atoms with E-state index in [1.807, 2.05) is 12.1 Å². The number of carbonyl (C=O) groups is 1. The maximum absolute atomic E-state index is 11.7. The first-order valence-corrected chi connectivity index (χ1v) is 15.1. The van der Waals surface area contributed by atoms with E-state index < -0.39 is 12.2 Å². The Morgan fingerprint density at radius 2 is 1.79 bits per heavy atom. The molecule has 4 N–H and O–H groups in total. The topological polar surface area (TPSA) is 148 Å². The number of H-pyrrole nitrogens is 1. The van der Waals surface area contributed by atoms with E-state index in [1.165, 1.54) is 5.56 Å². The molecular weight excluding hydrogens is 564 g/mol. The fourth-order valence-corrected chi connectivity index (χ4v) is 7.57. The van der Waals surface area contributed by atoms with E-state index in [0.29, 0.717) is 59.5 Å². The Morgan fingerprint density at radius 3 is 2.52 bits per heavy atom. The molecule has 42 heavy (non-hydrogen) atoms. The predicted octanol–water partition coefficient (Wildman–Crippen LogP) is 4.27. The second-order valence-corrected chi connectivity index (χ2v) is 12.3. The molecule has 3 saturated heterocycles. The number of fused-ring (bicyclic) bond motifs is 2. The molecule has 4 atom stereocenters. The number of aromatic nitrogens is 3. The predicted molar refractivity (Wildman–Crippen MR) is 153 cm³/mol. The molecule has 3 aliphatic heterocycles. The second kappa shape index (κ2) is 11.3. The molecule has 0 bridgehead atoms. The Labute approximate surface area is 247 Å². The number of pyridine rings is 1. The minimum Gasteiger partial charge on any atom is -0.465 e. The molecule has 1 aromatic carbocycles. The summed E-state index contributed by atoms with van der Waals surface area (Å²) in [6.07, 6.45) is 2.62. The maximum Gasteiger partial charge on any atom is 0.405 e. The molecule has 1 amide bonds. The van der Waals surface area contributed by atoms with Crippen LogP contribution in [-0.4, -0.2) is 87.6 Å². The molecule has 0 radical (unpaired) electrons. The van der Waals surface area contributed by atoms with Crippen molar-refractivity contribution in [3.8, 4) is 17.3 Å². The normalized spacial score (nSPS) is 31.7. The van der Waals surface area contributed by atoms with Crippen molar-refractivity contribution in [2.45, 2.75) is 74.4 Å². The third-order valence-electron chi connectivity index (χ3n) is 9.54. The van der Waals surface area contributed by atoms with Crippen LogP contribution < -0.4 is 10.1 Å². The van der Waals surface area contributed by atoms with Crippen LogP contribution in [0.25, 0.3) is 22.4 Å². The van der Waals surface area contributed by atoms with Crippen molar-refractivity contribution >= 4 is 28.9 Å². The molecule has 11 nitrogen and oxygen atoms in total. The Morgan fingerprint density at radius 1 is 1.05 bits per heavy atom. The standard InChI is InChI=1S/C30H35ClN4O7/c31-20-13-21-27(34-28(32-21)42-23-15-41-25-22(36)14-40-26(23)25)33-24(20)18-3-1-16(2-4-18)17-5-9-30(10-6-17,35-29(37)38)19-7-11-39-12-8-19/h1-4,13,17,19,22-23,25-26,35-36H,5-12,14-15H2,(H,37,38)(H,32,33,34)/t17?,22-,23-,25-,26-,30?/m1/s1. The highest BCUT2D eigenvalue weighted by molar-refractivity contribution is 6.33. The van der Waals surface area contributed by atoms with Gasteiger partial charge in [0.05, 0.1) is 23.9 Å². The first-order valence-electron chi connectivity index (χ1n) is 14.7. The van der Waals surface area contributed by atoms with Crippen LogP contribution in [0.15, 0.2) is 30.3 Å². The number of hydrogen-bond donors (Lipinski definition) is 4. The Hall–Kier alpha value is -2.96. The van der Waals surface area contributed by atoms with Crippen LogP contribution in [-0.2, 0) is 14.2 Å². The summed E-state index contributed by atoms with van der Waals surface area (Å²) in [5, 5.41) is 23.0. The number of aliphatic hydroxyl groups is 1. The third kappa shape index (κ3) is 5.22. The maximum atomic E-state index is 11.7. The minimum atomic E-state index is -0.939. The van der Waals surface area contributed by atoms with Crippen molar-refractivity contribution in [1.82, 2.24) is 20.3 Å². The van der Waals surface area contributed by atoms with Crippen molar-refractivity contribution in [1.29, 1.82) is 0 Å². The molecule has 0 spiro atoms. The highest BCUT2D eigenvalue weighted by Crippen LogP contribution is 2.45. The lowest BCUT2D eigenvalue weighted by Gasteiger charge is -2.47. The number of imidazole rings is 1. The molecular formula is C30H35ClN4O7. The third-order valence-corrected chi connectivity index (χ3v) is 9.83. The number of nitrogens with zero attached hydrogens (tertiary/aromatic N) is 2. The summed E-state index contributed by atoms with van der Waals surface area (Å²) in [5.41, 5.74) is 3.54. The number of amides is 1. The van der Waals surface area contributed by atoms with E-state index in [0.717, 1.165) is 44.1 Å². The lowest BCUT2D eigenvalue weighted by Crippen LogP contribution is -2.56. The number of rotatable bonds is 6. The quantitative estimate of drug-likeness (QED) is 0.326. The average Bonchev–Trinajstić information content (AvgIpc) is 3.69. The Kier molecular flexibility index (Phi) is 7.47. The number of ether oxygens (including phenoxy) is 4. The van der Waals surface area contributed by atoms with Crippen LogP contribution in [0.3, 0.4) is 0 Å². The molecule has 1 saturated carbocycles. The van der Waals surface area contributed by atoms with E-state index in [1.54, 1.807) is 6.07 Å². The largest absolute Gasteiger partial charge is 0.465 e. The van der Waals surface area contributed by atoms with Gasteiger partial charge in [0.2, 0.25) is 0 Å². The number of hydrogen-bond acceptors (Lipinski definition) is 8. The number of carboxylic acid groups (broad SMARTS) is 1. The SMILES string of the molecule is O=C(O)NC1(C2CCOCC2)CCC(c2ccc(-c3nc4[nH]c(O[C@@H]5CO[C@H]6[C@@H]5OC[C@H]6O)nc4cc3Cl)cc2)CC1. The zero-order chi connectivity index (χ0) is 28.8. The summed E-state index contributed by atoms with van der Waals surface area (Å²) in [7, 11) is 0. The summed E-state index contributed by atoms with van der Waals surface area (Å²) in [6.45, 7) is 1.94. The van der Waals surface area contributed by atoms with Crippen LogP contribution in [0.1, 0.15) is 50.0 Å². The van der Waals surface area contributed by atoms with Gasteiger partial charge in [-0.3, -0.25) is 4.98 Å². The van der Waals surface area contributed by atoms with Gasteiger partial charge in [-0.1, -0.05) is 35.9 Å². The highest BCUT2D eigenvalue weighted by atomic mass is 35.5. The molecule has 12 heteroatoms. The van der Waals surface area contributed by atoms with Gasteiger partial charge in [-0.2, -0.15) is 4.98 Å². The molecule has 2 aromatic heterocycles. The first kappa shape index (κ1) is 27.8. The minimum absolute atomic E-state index is 0.231. The van der Waals surface area contributed by atoms with Crippen molar-refractivity contribution in [2.24, 2.45) is 5.92 Å². The van der Waals surface area contributed by atoms with Gasteiger partial charge in [-0.25, -0.2) is 9.78 Å². The van der Waals surface area contributed by atoms with Gasteiger partial charge in [0, 0.05) is 24.3 Å². The summed E-state index contributed by atoms with van der Waals surface area (Å²) in [5.74, 6) is 0.680. The molecule has 3 aromatic rings. The number of aromatic amines is 1. The molecule has 7 rings (SSSR count). The van der Waals surface area contributed by atoms with Crippen molar-refractivity contribution < 1.29 is 34.0 Å². The van der Waals surface area contributed by atoms with Crippen molar-refractivity contribution in [3.63, 3.8) is 0 Å². The smallest absolute Gasteiger partial charge is 0.405 e. The van der Waals surface area contributed by atoms with Crippen LogP contribution in [0, 0.1) is 5.92 Å². The van der Waals surface area contributed by atoms with Crippen LogP contribution in [0.2, 0.25) is 5.02 Å². The summed E-state index contributed by atoms with van der Waals surface area (Å²) >= 11 is 6.65. The molecule has 0 unspecified atom stereocenters. The average molecular weight is 599 g/mol. The number of halogens is 1. The van der Waals surface area contributed by atoms with E-state index in [9.17, 15) is 15.0 Å². The first-order chi connectivity index (χ1) is 20.4. The van der Waals surface area contributed by atoms with Crippen molar-refractivity contribution in [2.75, 3.05) is 26.4 Å². The fourth-order valence-electron chi connectivity index (χ4n) is 7.32. The fraction of sp³-hybridized carbons (Fsp3) is 0.567. The molecule has 1 aliphatic carbocycles. The highest BCUT2D eigenvalue weighted by Gasteiger charge is 2.49. The molecule has 5 heterocycles. The van der Waals surface area contributed by atoms with Gasteiger partial charge < -0.3 is 34.5 Å². The number of aliphatic hydroxyl groups excluding tert-OH is 1. The van der Waals surface area contributed by atoms with E-state index in [2.05, 4.69) is 27.4 Å². The van der Waals surface area contributed by atoms with Crippen molar-refractivity contribution in [3.05, 3.63) is 40.9 Å². The molecule has 4 fully saturated rings. The Balaban J connectivity index is 1.04. The Bertz CT molecular complexity index is 1440.